The lowest BCUT2D eigenvalue weighted by Crippen LogP contribution is -2.46. The highest BCUT2D eigenvalue weighted by molar-refractivity contribution is 5.92. The van der Waals surface area contributed by atoms with E-state index < -0.39 is 0 Å². The van der Waals surface area contributed by atoms with Gasteiger partial charge in [0.2, 0.25) is 5.75 Å². The first-order valence-electron chi connectivity index (χ1n) is 9.14. The summed E-state index contributed by atoms with van der Waals surface area (Å²) in [5.74, 6) is 2.71. The molecular formula is C17H24N6O2. The molecule has 0 saturated carbocycles. The van der Waals surface area contributed by atoms with Gasteiger partial charge in [-0.3, -0.25) is 10.2 Å². The minimum absolute atomic E-state index is 0.140. The Balaban J connectivity index is 1.35. The molecule has 8 nitrogen and oxygen atoms in total. The van der Waals surface area contributed by atoms with Gasteiger partial charge >= 0.3 is 0 Å². The van der Waals surface area contributed by atoms with Crippen LogP contribution in [-0.2, 0) is 4.74 Å². The number of aromatic nitrogens is 2. The lowest BCUT2D eigenvalue weighted by Gasteiger charge is -2.32. The van der Waals surface area contributed by atoms with E-state index in [0.29, 0.717) is 23.5 Å². The number of ether oxygens (including phenoxy) is 2. The van der Waals surface area contributed by atoms with Crippen LogP contribution < -0.4 is 15.0 Å². The summed E-state index contributed by atoms with van der Waals surface area (Å²) in [6.45, 7) is 6.04. The van der Waals surface area contributed by atoms with Crippen molar-refractivity contribution in [1.82, 2.24) is 14.9 Å². The van der Waals surface area contributed by atoms with Crippen molar-refractivity contribution in [3.05, 3.63) is 6.33 Å². The highest BCUT2D eigenvalue weighted by Gasteiger charge is 2.54. The summed E-state index contributed by atoms with van der Waals surface area (Å²) in [6, 6.07) is 0.554. The molecule has 3 atom stereocenters. The first-order chi connectivity index (χ1) is 12.3. The Morgan fingerprint density at radius 2 is 2.16 bits per heavy atom. The number of piperidine rings is 1. The number of hydrogen-bond donors (Lipinski definition) is 1. The lowest BCUT2D eigenvalue weighted by atomic mass is 9.88. The lowest BCUT2D eigenvalue weighted by molar-refractivity contribution is 0.0364. The van der Waals surface area contributed by atoms with Crippen LogP contribution in [0.2, 0.25) is 0 Å². The predicted molar refractivity (Wildman–Crippen MR) is 94.3 cm³/mol. The molecule has 5 heterocycles. The van der Waals surface area contributed by atoms with E-state index in [2.05, 4.69) is 30.1 Å². The number of aliphatic imine (C=N–C) groups is 1. The number of rotatable bonds is 3. The fourth-order valence-electron chi connectivity index (χ4n) is 4.63. The number of nitrogens with one attached hydrogen (secondary N) is 1. The highest BCUT2D eigenvalue weighted by atomic mass is 16.5. The molecule has 5 rings (SSSR count). The fraction of sp³-hybridized carbons (Fsp3) is 0.706. The minimum Gasteiger partial charge on any atom is -0.490 e. The van der Waals surface area contributed by atoms with Crippen molar-refractivity contribution in [3.63, 3.8) is 0 Å². The van der Waals surface area contributed by atoms with E-state index in [0.717, 1.165) is 38.5 Å². The Labute approximate surface area is 147 Å². The van der Waals surface area contributed by atoms with Crippen LogP contribution in [-0.4, -0.2) is 72.9 Å². The zero-order valence-electron chi connectivity index (χ0n) is 14.6. The van der Waals surface area contributed by atoms with Gasteiger partial charge < -0.3 is 14.4 Å². The number of nitrogens with zero attached hydrogens (tertiary/aromatic N) is 5. The maximum Gasteiger partial charge on any atom is 0.291 e. The molecule has 0 amide bonds. The molecule has 3 saturated heterocycles. The molecule has 1 N–H and O–H groups in total. The molecule has 0 aliphatic carbocycles. The van der Waals surface area contributed by atoms with Gasteiger partial charge in [-0.05, 0) is 25.8 Å². The van der Waals surface area contributed by atoms with Crippen LogP contribution in [0.15, 0.2) is 11.3 Å². The van der Waals surface area contributed by atoms with Gasteiger partial charge in [0.15, 0.2) is 11.6 Å². The normalized spacial score (nSPS) is 33.0. The predicted octanol–water partition coefficient (Wildman–Crippen LogP) is 0.958. The smallest absolute Gasteiger partial charge is 0.291 e. The van der Waals surface area contributed by atoms with Crippen LogP contribution in [0, 0.1) is 5.92 Å². The third kappa shape index (κ3) is 2.42. The Hall–Kier alpha value is -2.09. The van der Waals surface area contributed by atoms with Crippen molar-refractivity contribution >= 4 is 17.7 Å². The maximum absolute atomic E-state index is 6.28. The molecule has 134 valence electrons. The summed E-state index contributed by atoms with van der Waals surface area (Å²) in [6.07, 6.45) is 5.16. The molecule has 3 fully saturated rings. The van der Waals surface area contributed by atoms with Gasteiger partial charge in [0, 0.05) is 32.1 Å². The largest absolute Gasteiger partial charge is 0.490 e. The van der Waals surface area contributed by atoms with Crippen LogP contribution in [0.5, 0.6) is 5.75 Å². The van der Waals surface area contributed by atoms with E-state index in [4.69, 9.17) is 9.47 Å². The SMILES string of the molecule is COc1c(NC2=NCC3(CN4CCC3C4)O2)ncnc1N1CCCC1. The first-order valence-corrected chi connectivity index (χ1v) is 9.14. The van der Waals surface area contributed by atoms with E-state index in [1.54, 1.807) is 13.4 Å². The molecule has 0 aromatic carbocycles. The number of methoxy groups -OCH3 is 1. The molecular weight excluding hydrogens is 320 g/mol. The Morgan fingerprint density at radius 3 is 2.88 bits per heavy atom. The average molecular weight is 344 g/mol. The van der Waals surface area contributed by atoms with Crippen LogP contribution >= 0.6 is 0 Å². The molecule has 4 aliphatic rings. The number of fused-ring (bicyclic) bond motifs is 3. The standard InChI is InChI=1S/C17H24N6O2/c1-24-13-14(19-11-20-15(13)23-5-2-3-6-23)21-16-18-9-17(25-16)10-22-7-4-12(17)8-22/h11-12H,2-10H2,1H3,(H,18,19,20,21). The van der Waals surface area contributed by atoms with Crippen molar-refractivity contribution < 1.29 is 9.47 Å². The van der Waals surface area contributed by atoms with Gasteiger partial charge in [0.25, 0.3) is 6.02 Å². The third-order valence-electron chi connectivity index (χ3n) is 5.92. The zero-order chi connectivity index (χ0) is 16.9. The summed E-state index contributed by atoms with van der Waals surface area (Å²) < 4.78 is 11.9. The van der Waals surface area contributed by atoms with Gasteiger partial charge in [-0.25, -0.2) is 15.0 Å². The molecule has 4 aliphatic heterocycles. The van der Waals surface area contributed by atoms with Crippen LogP contribution in [0.25, 0.3) is 0 Å². The maximum atomic E-state index is 6.28. The summed E-state index contributed by atoms with van der Waals surface area (Å²) in [5, 5.41) is 3.24. The van der Waals surface area contributed by atoms with E-state index in [1.165, 1.54) is 25.8 Å². The molecule has 25 heavy (non-hydrogen) atoms. The molecule has 0 radical (unpaired) electrons. The second-order valence-electron chi connectivity index (χ2n) is 7.41. The Kier molecular flexibility index (Phi) is 3.48. The number of amidine groups is 1. The fourth-order valence-corrected chi connectivity index (χ4v) is 4.63. The molecule has 1 aromatic heterocycles. The third-order valence-corrected chi connectivity index (χ3v) is 5.92. The number of anilines is 2. The molecule has 1 aromatic rings. The summed E-state index contributed by atoms with van der Waals surface area (Å²) >= 11 is 0. The van der Waals surface area contributed by atoms with Crippen molar-refractivity contribution in [3.8, 4) is 5.75 Å². The molecule has 3 unspecified atom stereocenters. The topological polar surface area (TPSA) is 75.1 Å². The first kappa shape index (κ1) is 15.2. The number of hydrogen-bond acceptors (Lipinski definition) is 8. The van der Waals surface area contributed by atoms with Crippen molar-refractivity contribution in [2.24, 2.45) is 10.9 Å². The van der Waals surface area contributed by atoms with Gasteiger partial charge in [-0.15, -0.1) is 0 Å². The Morgan fingerprint density at radius 1 is 1.28 bits per heavy atom. The highest BCUT2D eigenvalue weighted by Crippen LogP contribution is 2.42. The summed E-state index contributed by atoms with van der Waals surface area (Å²) in [7, 11) is 1.66. The van der Waals surface area contributed by atoms with E-state index in [1.807, 2.05) is 0 Å². The Bertz CT molecular complexity index is 704. The molecule has 2 bridgehead atoms. The van der Waals surface area contributed by atoms with Gasteiger partial charge in [-0.1, -0.05) is 0 Å². The van der Waals surface area contributed by atoms with Crippen LogP contribution in [0.3, 0.4) is 0 Å². The van der Waals surface area contributed by atoms with Crippen molar-refractivity contribution in [2.45, 2.75) is 24.9 Å². The van der Waals surface area contributed by atoms with Crippen molar-refractivity contribution in [1.29, 1.82) is 0 Å². The second kappa shape index (κ2) is 5.72. The molecule has 1 spiro atoms. The van der Waals surface area contributed by atoms with E-state index in [9.17, 15) is 0 Å². The van der Waals surface area contributed by atoms with Gasteiger partial charge in [-0.2, -0.15) is 0 Å². The monoisotopic (exact) mass is 344 g/mol. The van der Waals surface area contributed by atoms with Gasteiger partial charge in [0.1, 0.15) is 11.9 Å². The average Bonchev–Trinajstić information content (AvgIpc) is 3.40. The van der Waals surface area contributed by atoms with Crippen LogP contribution in [0.4, 0.5) is 11.6 Å². The molecule has 8 heteroatoms. The zero-order valence-corrected chi connectivity index (χ0v) is 14.6. The van der Waals surface area contributed by atoms with Gasteiger partial charge in [0.05, 0.1) is 13.7 Å². The van der Waals surface area contributed by atoms with Crippen molar-refractivity contribution in [2.75, 3.05) is 56.6 Å². The minimum atomic E-state index is -0.140. The summed E-state index contributed by atoms with van der Waals surface area (Å²) in [5.41, 5.74) is -0.140. The summed E-state index contributed by atoms with van der Waals surface area (Å²) in [4.78, 5) is 18.1. The van der Waals surface area contributed by atoms with E-state index >= 15 is 0 Å². The second-order valence-corrected chi connectivity index (χ2v) is 7.41. The van der Waals surface area contributed by atoms with Crippen LogP contribution in [0.1, 0.15) is 19.3 Å². The van der Waals surface area contributed by atoms with E-state index in [-0.39, 0.29) is 5.60 Å². The quantitative estimate of drug-likeness (QED) is 0.875.